The lowest BCUT2D eigenvalue weighted by Crippen LogP contribution is -2.34. The number of rotatable bonds is 7. The number of aryl methyl sites for hydroxylation is 1. The molecule has 0 aliphatic heterocycles. The molecular formula is C18H27N. The highest BCUT2D eigenvalue weighted by Gasteiger charge is 2.23. The molecule has 104 valence electrons. The number of fused-ring (bicyclic) bond motifs is 1. The van der Waals surface area contributed by atoms with E-state index in [1.807, 2.05) is 6.08 Å². The van der Waals surface area contributed by atoms with Gasteiger partial charge in [-0.2, -0.15) is 0 Å². The van der Waals surface area contributed by atoms with Gasteiger partial charge in [0.25, 0.3) is 0 Å². The van der Waals surface area contributed by atoms with Gasteiger partial charge in [-0.25, -0.2) is 0 Å². The first kappa shape index (κ1) is 14.3. The summed E-state index contributed by atoms with van der Waals surface area (Å²) in [6, 6.07) is 9.24. The highest BCUT2D eigenvalue weighted by molar-refractivity contribution is 5.29. The maximum atomic E-state index is 6.40. The second-order valence-corrected chi connectivity index (χ2v) is 5.86. The van der Waals surface area contributed by atoms with Crippen LogP contribution < -0.4 is 5.73 Å². The molecule has 2 rings (SSSR count). The molecule has 0 heterocycles. The third-order valence-corrected chi connectivity index (χ3v) is 4.44. The van der Waals surface area contributed by atoms with Crippen molar-refractivity contribution in [3.8, 4) is 0 Å². The van der Waals surface area contributed by atoms with E-state index in [9.17, 15) is 0 Å². The van der Waals surface area contributed by atoms with Crippen molar-refractivity contribution in [3.63, 3.8) is 0 Å². The molecular weight excluding hydrogens is 230 g/mol. The van der Waals surface area contributed by atoms with Crippen LogP contribution in [-0.2, 0) is 12.8 Å². The highest BCUT2D eigenvalue weighted by Crippen LogP contribution is 2.28. The number of hydrogen-bond donors (Lipinski definition) is 1. The van der Waals surface area contributed by atoms with E-state index in [-0.39, 0.29) is 0 Å². The van der Waals surface area contributed by atoms with Crippen LogP contribution in [0.3, 0.4) is 0 Å². The smallest absolute Gasteiger partial charge is 0.00704 e. The largest absolute Gasteiger partial charge is 0.327 e. The summed E-state index contributed by atoms with van der Waals surface area (Å²) >= 11 is 0. The van der Waals surface area contributed by atoms with Crippen molar-refractivity contribution in [3.05, 3.63) is 48.0 Å². The van der Waals surface area contributed by atoms with Gasteiger partial charge in [-0.1, -0.05) is 43.2 Å². The van der Waals surface area contributed by atoms with Gasteiger partial charge >= 0.3 is 0 Å². The minimum atomic E-state index is 0.386. The summed E-state index contributed by atoms with van der Waals surface area (Å²) in [5.74, 6) is 0.689. The third-order valence-electron chi connectivity index (χ3n) is 4.44. The Labute approximate surface area is 117 Å². The fourth-order valence-corrected chi connectivity index (χ4v) is 3.17. The molecule has 1 aromatic carbocycles. The molecule has 0 saturated heterocycles. The summed E-state index contributed by atoms with van der Waals surface area (Å²) in [5.41, 5.74) is 9.47. The topological polar surface area (TPSA) is 26.0 Å². The highest BCUT2D eigenvalue weighted by atomic mass is 14.6. The minimum Gasteiger partial charge on any atom is -0.327 e. The summed E-state index contributed by atoms with van der Waals surface area (Å²) in [5, 5.41) is 0. The van der Waals surface area contributed by atoms with Crippen molar-refractivity contribution < 1.29 is 0 Å². The van der Waals surface area contributed by atoms with Crippen LogP contribution in [0.1, 0.15) is 49.7 Å². The van der Waals surface area contributed by atoms with E-state index in [1.165, 1.54) is 56.1 Å². The third kappa shape index (κ3) is 4.21. The van der Waals surface area contributed by atoms with Crippen LogP contribution in [0.4, 0.5) is 0 Å². The number of benzene rings is 1. The van der Waals surface area contributed by atoms with Crippen molar-refractivity contribution in [1.82, 2.24) is 0 Å². The Hall–Kier alpha value is -1.08. The minimum absolute atomic E-state index is 0.386. The molecule has 1 aromatic rings. The molecule has 1 aliphatic carbocycles. The molecule has 0 aromatic heterocycles. The number of hydrogen-bond acceptors (Lipinski definition) is 1. The summed E-state index contributed by atoms with van der Waals surface area (Å²) in [6.45, 7) is 3.76. The summed E-state index contributed by atoms with van der Waals surface area (Å²) in [4.78, 5) is 0. The van der Waals surface area contributed by atoms with Crippen LogP contribution in [0.5, 0.6) is 0 Å². The first-order valence-electron chi connectivity index (χ1n) is 7.74. The van der Waals surface area contributed by atoms with E-state index in [2.05, 4.69) is 30.8 Å². The van der Waals surface area contributed by atoms with Gasteiger partial charge in [0.1, 0.15) is 0 Å². The Morgan fingerprint density at radius 3 is 2.79 bits per heavy atom. The van der Waals surface area contributed by atoms with E-state index in [0.29, 0.717) is 12.0 Å². The van der Waals surface area contributed by atoms with Crippen molar-refractivity contribution in [2.24, 2.45) is 11.7 Å². The van der Waals surface area contributed by atoms with Crippen LogP contribution in [0, 0.1) is 5.92 Å². The first-order valence-corrected chi connectivity index (χ1v) is 7.74. The summed E-state index contributed by atoms with van der Waals surface area (Å²) in [6.07, 6.45) is 11.8. The van der Waals surface area contributed by atoms with Gasteiger partial charge in [-0.15, -0.1) is 6.58 Å². The Bertz CT molecular complexity index is 396. The van der Waals surface area contributed by atoms with Crippen molar-refractivity contribution in [1.29, 1.82) is 0 Å². The SMILES string of the molecule is C=CCCCCCC(N)C1CCc2ccccc2C1. The number of unbranched alkanes of at least 4 members (excludes halogenated alkanes) is 3. The van der Waals surface area contributed by atoms with Gasteiger partial charge in [0.2, 0.25) is 0 Å². The van der Waals surface area contributed by atoms with Crippen LogP contribution >= 0.6 is 0 Å². The van der Waals surface area contributed by atoms with Gasteiger partial charge in [0, 0.05) is 6.04 Å². The molecule has 2 atom stereocenters. The maximum Gasteiger partial charge on any atom is 0.00704 e. The predicted octanol–water partition coefficient (Wildman–Crippen LogP) is 4.26. The predicted molar refractivity (Wildman–Crippen MR) is 83.2 cm³/mol. The Balaban J connectivity index is 1.75. The summed E-state index contributed by atoms with van der Waals surface area (Å²) < 4.78 is 0. The van der Waals surface area contributed by atoms with Crippen molar-refractivity contribution in [2.45, 2.75) is 57.4 Å². The monoisotopic (exact) mass is 257 g/mol. The first-order chi connectivity index (χ1) is 9.31. The van der Waals surface area contributed by atoms with E-state index < -0.39 is 0 Å². The zero-order chi connectivity index (χ0) is 13.5. The average molecular weight is 257 g/mol. The van der Waals surface area contributed by atoms with Gasteiger partial charge in [-0.05, 0) is 55.6 Å². The van der Waals surface area contributed by atoms with Crippen LogP contribution in [0.15, 0.2) is 36.9 Å². The Morgan fingerprint density at radius 1 is 1.21 bits per heavy atom. The standard InChI is InChI=1S/C18H27N/c1-2-3-4-5-6-11-18(19)17-13-12-15-9-7-8-10-16(15)14-17/h2,7-10,17-18H,1,3-6,11-14,19H2. The normalized spacial score (nSPS) is 19.7. The average Bonchev–Trinajstić information content (AvgIpc) is 2.46. The molecule has 0 spiro atoms. The van der Waals surface area contributed by atoms with Gasteiger partial charge < -0.3 is 5.73 Å². The fraction of sp³-hybridized carbons (Fsp3) is 0.556. The van der Waals surface area contributed by atoms with E-state index >= 15 is 0 Å². The molecule has 0 fully saturated rings. The zero-order valence-corrected chi connectivity index (χ0v) is 12.0. The molecule has 19 heavy (non-hydrogen) atoms. The lowest BCUT2D eigenvalue weighted by atomic mass is 9.79. The Kier molecular flexibility index (Phi) is 5.65. The van der Waals surface area contributed by atoms with Gasteiger partial charge in [0.15, 0.2) is 0 Å². The molecule has 1 heteroatoms. The molecule has 0 radical (unpaired) electrons. The fourth-order valence-electron chi connectivity index (χ4n) is 3.17. The molecule has 1 nitrogen and oxygen atoms in total. The van der Waals surface area contributed by atoms with E-state index in [4.69, 9.17) is 5.73 Å². The second-order valence-electron chi connectivity index (χ2n) is 5.86. The van der Waals surface area contributed by atoms with E-state index in [1.54, 1.807) is 0 Å². The lowest BCUT2D eigenvalue weighted by Gasteiger charge is -2.29. The maximum absolute atomic E-state index is 6.40. The lowest BCUT2D eigenvalue weighted by molar-refractivity contribution is 0.350. The van der Waals surface area contributed by atoms with Crippen molar-refractivity contribution in [2.75, 3.05) is 0 Å². The molecule has 2 N–H and O–H groups in total. The quantitative estimate of drug-likeness (QED) is 0.573. The molecule has 0 amide bonds. The Morgan fingerprint density at radius 2 is 2.00 bits per heavy atom. The van der Waals surface area contributed by atoms with Gasteiger partial charge in [-0.3, -0.25) is 0 Å². The van der Waals surface area contributed by atoms with E-state index in [0.717, 1.165) is 6.42 Å². The van der Waals surface area contributed by atoms with Crippen molar-refractivity contribution >= 4 is 0 Å². The zero-order valence-electron chi connectivity index (χ0n) is 12.0. The molecule has 0 bridgehead atoms. The van der Waals surface area contributed by atoms with Crippen LogP contribution in [0.25, 0.3) is 0 Å². The van der Waals surface area contributed by atoms with Gasteiger partial charge in [0.05, 0.1) is 0 Å². The van der Waals surface area contributed by atoms with Crippen LogP contribution in [-0.4, -0.2) is 6.04 Å². The van der Waals surface area contributed by atoms with Crippen LogP contribution in [0.2, 0.25) is 0 Å². The second kappa shape index (κ2) is 7.49. The molecule has 1 aliphatic rings. The number of nitrogens with two attached hydrogens (primary N) is 1. The summed E-state index contributed by atoms with van der Waals surface area (Å²) in [7, 11) is 0. The molecule has 0 saturated carbocycles. The molecule has 2 unspecified atom stereocenters. The number of allylic oxidation sites excluding steroid dienone is 1.